The van der Waals surface area contributed by atoms with Crippen molar-refractivity contribution in [3.63, 3.8) is 0 Å². The number of hydrogen-bond acceptors (Lipinski definition) is 8. The number of nitrogens with one attached hydrogen (secondary N) is 1. The van der Waals surface area contributed by atoms with Crippen LogP contribution in [0.2, 0.25) is 0 Å². The van der Waals surface area contributed by atoms with Crippen LogP contribution in [-0.2, 0) is 24.2 Å². The SMILES string of the molecule is CC(C)CN(C(=O)COC(=O)CCNc1ncccn1)C1CCS(=O)(=O)C1. The van der Waals surface area contributed by atoms with Crippen LogP contribution in [0.5, 0.6) is 0 Å². The number of carbonyl (C=O) groups is 2. The van der Waals surface area contributed by atoms with Gasteiger partial charge in [0, 0.05) is 31.5 Å². The lowest BCUT2D eigenvalue weighted by atomic mass is 10.1. The molecule has 0 saturated carbocycles. The molecule has 1 saturated heterocycles. The van der Waals surface area contributed by atoms with Gasteiger partial charge in [-0.05, 0) is 18.4 Å². The van der Waals surface area contributed by atoms with Gasteiger partial charge in [-0.15, -0.1) is 0 Å². The molecule has 2 rings (SSSR count). The van der Waals surface area contributed by atoms with E-state index in [0.717, 1.165) is 0 Å². The predicted octanol–water partition coefficient (Wildman–Crippen LogP) is 0.494. The van der Waals surface area contributed by atoms with Crippen LogP contribution in [-0.4, -0.2) is 72.4 Å². The molecule has 150 valence electrons. The van der Waals surface area contributed by atoms with Crippen LogP contribution in [0.15, 0.2) is 18.5 Å². The minimum Gasteiger partial charge on any atom is -0.456 e. The first-order valence-corrected chi connectivity index (χ1v) is 10.8. The van der Waals surface area contributed by atoms with Gasteiger partial charge < -0.3 is 15.0 Å². The molecule has 1 amide bonds. The van der Waals surface area contributed by atoms with E-state index in [1.165, 1.54) is 0 Å². The molecule has 9 nitrogen and oxygen atoms in total. The lowest BCUT2D eigenvalue weighted by molar-refractivity contribution is -0.152. The number of sulfone groups is 1. The van der Waals surface area contributed by atoms with E-state index in [1.807, 2.05) is 13.8 Å². The fraction of sp³-hybridized carbons (Fsp3) is 0.647. The molecule has 2 heterocycles. The van der Waals surface area contributed by atoms with E-state index in [1.54, 1.807) is 23.4 Å². The van der Waals surface area contributed by atoms with Crippen molar-refractivity contribution in [1.82, 2.24) is 14.9 Å². The van der Waals surface area contributed by atoms with Crippen molar-refractivity contribution in [1.29, 1.82) is 0 Å². The highest BCUT2D eigenvalue weighted by atomic mass is 32.2. The lowest BCUT2D eigenvalue weighted by Crippen LogP contribution is -2.45. The highest BCUT2D eigenvalue weighted by Gasteiger charge is 2.35. The van der Waals surface area contributed by atoms with E-state index in [-0.39, 0.29) is 48.9 Å². The molecule has 0 bridgehead atoms. The average molecular weight is 398 g/mol. The summed E-state index contributed by atoms with van der Waals surface area (Å²) in [4.78, 5) is 33.8. The van der Waals surface area contributed by atoms with E-state index in [2.05, 4.69) is 15.3 Å². The summed E-state index contributed by atoms with van der Waals surface area (Å²) in [6.45, 7) is 4.24. The van der Waals surface area contributed by atoms with E-state index >= 15 is 0 Å². The summed E-state index contributed by atoms with van der Waals surface area (Å²) in [5, 5.41) is 2.88. The molecule has 0 aliphatic carbocycles. The fourth-order valence-electron chi connectivity index (χ4n) is 2.83. The molecule has 1 unspecified atom stereocenters. The van der Waals surface area contributed by atoms with E-state index in [9.17, 15) is 18.0 Å². The second kappa shape index (κ2) is 9.63. The van der Waals surface area contributed by atoms with Gasteiger partial charge in [-0.2, -0.15) is 0 Å². The third-order valence-electron chi connectivity index (χ3n) is 4.07. The van der Waals surface area contributed by atoms with Crippen molar-refractivity contribution in [2.75, 3.05) is 36.5 Å². The van der Waals surface area contributed by atoms with E-state index < -0.39 is 15.8 Å². The number of esters is 1. The second-order valence-electron chi connectivity index (χ2n) is 6.91. The number of aromatic nitrogens is 2. The van der Waals surface area contributed by atoms with Gasteiger partial charge in [0.25, 0.3) is 5.91 Å². The Morgan fingerprint density at radius 3 is 2.63 bits per heavy atom. The number of nitrogens with zero attached hydrogens (tertiary/aromatic N) is 3. The standard InChI is InChI=1S/C17H26N4O5S/c1-13(2)10-21(14-5-9-27(24,25)12-14)15(22)11-26-16(23)4-8-20-17-18-6-3-7-19-17/h3,6-7,13-14H,4-5,8-12H2,1-2H3,(H,18,19,20). The Kier molecular flexibility index (Phi) is 7.52. The molecular weight excluding hydrogens is 372 g/mol. The second-order valence-corrected chi connectivity index (χ2v) is 9.14. The Morgan fingerprint density at radius 2 is 2.04 bits per heavy atom. The van der Waals surface area contributed by atoms with Gasteiger partial charge in [0.1, 0.15) is 0 Å². The first kappa shape index (κ1) is 21.1. The van der Waals surface area contributed by atoms with Crippen LogP contribution in [0.4, 0.5) is 5.95 Å². The highest BCUT2D eigenvalue weighted by molar-refractivity contribution is 7.91. The molecule has 1 aliphatic rings. The zero-order valence-electron chi connectivity index (χ0n) is 15.6. The summed E-state index contributed by atoms with van der Waals surface area (Å²) in [5.41, 5.74) is 0. The first-order valence-electron chi connectivity index (χ1n) is 8.93. The number of hydrogen-bond donors (Lipinski definition) is 1. The van der Waals surface area contributed by atoms with Gasteiger partial charge in [0.05, 0.1) is 17.9 Å². The van der Waals surface area contributed by atoms with Gasteiger partial charge in [-0.1, -0.05) is 13.8 Å². The number of carbonyl (C=O) groups excluding carboxylic acids is 2. The molecule has 0 radical (unpaired) electrons. The van der Waals surface area contributed by atoms with Crippen molar-refractivity contribution >= 4 is 27.7 Å². The molecule has 10 heteroatoms. The molecule has 27 heavy (non-hydrogen) atoms. The monoisotopic (exact) mass is 398 g/mol. The molecule has 1 aromatic rings. The van der Waals surface area contributed by atoms with E-state index in [4.69, 9.17) is 4.74 Å². The third-order valence-corrected chi connectivity index (χ3v) is 5.82. The van der Waals surface area contributed by atoms with Crippen LogP contribution in [0, 0.1) is 5.92 Å². The van der Waals surface area contributed by atoms with Gasteiger partial charge in [-0.25, -0.2) is 18.4 Å². The normalized spacial score (nSPS) is 18.3. The Bertz CT molecular complexity index is 739. The van der Waals surface area contributed by atoms with Crippen molar-refractivity contribution < 1.29 is 22.7 Å². The van der Waals surface area contributed by atoms with Crippen LogP contribution in [0.25, 0.3) is 0 Å². The van der Waals surface area contributed by atoms with Crippen LogP contribution < -0.4 is 5.32 Å². The van der Waals surface area contributed by atoms with Crippen LogP contribution in [0.3, 0.4) is 0 Å². The highest BCUT2D eigenvalue weighted by Crippen LogP contribution is 2.19. The van der Waals surface area contributed by atoms with Crippen LogP contribution in [0.1, 0.15) is 26.7 Å². The maximum absolute atomic E-state index is 12.5. The molecule has 0 aromatic carbocycles. The summed E-state index contributed by atoms with van der Waals surface area (Å²) in [5.74, 6) is -0.226. The molecule has 1 N–H and O–H groups in total. The van der Waals surface area contributed by atoms with Crippen molar-refractivity contribution in [2.45, 2.75) is 32.7 Å². The third kappa shape index (κ3) is 7.12. The topological polar surface area (TPSA) is 119 Å². The smallest absolute Gasteiger partial charge is 0.308 e. The van der Waals surface area contributed by atoms with Gasteiger partial charge in [0.2, 0.25) is 5.95 Å². The molecule has 1 atom stereocenters. The van der Waals surface area contributed by atoms with Gasteiger partial charge in [-0.3, -0.25) is 9.59 Å². The van der Waals surface area contributed by atoms with Crippen molar-refractivity contribution in [3.8, 4) is 0 Å². The maximum Gasteiger partial charge on any atom is 0.308 e. The first-order chi connectivity index (χ1) is 12.8. The lowest BCUT2D eigenvalue weighted by Gasteiger charge is -2.29. The van der Waals surface area contributed by atoms with Gasteiger partial charge in [0.15, 0.2) is 16.4 Å². The molecular formula is C17H26N4O5S. The Balaban J connectivity index is 1.79. The fourth-order valence-corrected chi connectivity index (χ4v) is 4.56. The van der Waals surface area contributed by atoms with Crippen molar-refractivity contribution in [2.24, 2.45) is 5.92 Å². The largest absolute Gasteiger partial charge is 0.456 e. The Labute approximate surface area is 159 Å². The summed E-state index contributed by atoms with van der Waals surface area (Å²) in [6, 6.07) is 1.34. The minimum atomic E-state index is -3.10. The Hall–Kier alpha value is -2.23. The number of anilines is 1. The van der Waals surface area contributed by atoms with E-state index in [0.29, 0.717) is 18.9 Å². The summed E-state index contributed by atoms with van der Waals surface area (Å²) in [6.07, 6.45) is 3.65. The summed E-state index contributed by atoms with van der Waals surface area (Å²) >= 11 is 0. The van der Waals surface area contributed by atoms with Crippen molar-refractivity contribution in [3.05, 3.63) is 18.5 Å². The predicted molar refractivity (Wildman–Crippen MR) is 99.7 cm³/mol. The molecule has 1 aliphatic heterocycles. The molecule has 0 spiro atoms. The molecule has 1 fully saturated rings. The summed E-state index contributed by atoms with van der Waals surface area (Å²) < 4.78 is 28.5. The zero-order chi connectivity index (χ0) is 19.9. The quantitative estimate of drug-likeness (QED) is 0.597. The number of amides is 1. The molecule has 1 aromatic heterocycles. The maximum atomic E-state index is 12.5. The zero-order valence-corrected chi connectivity index (χ0v) is 16.4. The van der Waals surface area contributed by atoms with Gasteiger partial charge >= 0.3 is 5.97 Å². The number of rotatable bonds is 9. The average Bonchev–Trinajstić information content (AvgIpc) is 2.98. The Morgan fingerprint density at radius 1 is 1.33 bits per heavy atom. The number of ether oxygens (including phenoxy) is 1. The minimum absolute atomic E-state index is 0.0274. The van der Waals surface area contributed by atoms with Crippen LogP contribution >= 0.6 is 0 Å². The summed E-state index contributed by atoms with van der Waals surface area (Å²) in [7, 11) is -3.10.